The first-order valence-electron chi connectivity index (χ1n) is 6.39. The number of carbonyl (C=O) groups excluding carboxylic acids is 3. The molecule has 108 valence electrons. The Morgan fingerprint density at radius 1 is 1.40 bits per heavy atom. The second kappa shape index (κ2) is 6.51. The highest BCUT2D eigenvalue weighted by Gasteiger charge is 2.31. The summed E-state index contributed by atoms with van der Waals surface area (Å²) in [6.07, 6.45) is 2.26. The van der Waals surface area contributed by atoms with Gasteiger partial charge in [-0.2, -0.15) is 0 Å². The van der Waals surface area contributed by atoms with E-state index in [1.54, 1.807) is 17.5 Å². The topological polar surface area (TPSA) is 89.7 Å². The highest BCUT2D eigenvalue weighted by Crippen LogP contribution is 2.17. The summed E-state index contributed by atoms with van der Waals surface area (Å²) in [5, 5.41) is 1.76. The molecule has 0 unspecified atom stereocenters. The number of amides is 2. The first-order valence-corrected chi connectivity index (χ1v) is 7.27. The number of likely N-dealkylation sites (tertiary alicyclic amines) is 1. The molecule has 1 fully saturated rings. The second-order valence-corrected chi connectivity index (χ2v) is 5.50. The molecule has 1 aliphatic heterocycles. The monoisotopic (exact) mass is 296 g/mol. The molecule has 1 saturated heterocycles. The Morgan fingerprint density at radius 2 is 2.20 bits per heavy atom. The molecule has 1 aliphatic rings. The first kappa shape index (κ1) is 14.5. The van der Waals surface area contributed by atoms with Gasteiger partial charge >= 0.3 is 5.97 Å². The van der Waals surface area contributed by atoms with Gasteiger partial charge in [-0.05, 0) is 30.7 Å². The molecule has 6 nitrogen and oxygen atoms in total. The summed E-state index contributed by atoms with van der Waals surface area (Å²) < 4.78 is 4.96. The number of nitrogens with zero attached hydrogens (tertiary/aromatic N) is 1. The van der Waals surface area contributed by atoms with E-state index in [1.165, 1.54) is 16.2 Å². The molecule has 1 aromatic heterocycles. The first-order chi connectivity index (χ1) is 9.59. The summed E-state index contributed by atoms with van der Waals surface area (Å²) in [6.45, 7) is 0.115. The highest BCUT2D eigenvalue weighted by molar-refractivity contribution is 7.11. The number of primary amides is 1. The Labute approximate surface area is 120 Å². The second-order valence-electron chi connectivity index (χ2n) is 4.55. The van der Waals surface area contributed by atoms with Crippen molar-refractivity contribution in [2.24, 2.45) is 5.73 Å². The lowest BCUT2D eigenvalue weighted by molar-refractivity contribution is -0.143. The van der Waals surface area contributed by atoms with Crippen molar-refractivity contribution in [1.82, 2.24) is 4.90 Å². The van der Waals surface area contributed by atoms with Crippen LogP contribution < -0.4 is 5.73 Å². The Kier molecular flexibility index (Phi) is 4.73. The van der Waals surface area contributed by atoms with Gasteiger partial charge < -0.3 is 15.4 Å². The molecule has 2 rings (SSSR count). The van der Waals surface area contributed by atoms with Gasteiger partial charge in [0, 0.05) is 6.54 Å². The maximum absolute atomic E-state index is 12.0. The van der Waals surface area contributed by atoms with Gasteiger partial charge in [0.1, 0.15) is 10.9 Å². The minimum atomic E-state index is -0.586. The average Bonchev–Trinajstić information content (AvgIpc) is 2.98. The van der Waals surface area contributed by atoms with Crippen LogP contribution in [0, 0.1) is 0 Å². The summed E-state index contributed by atoms with van der Waals surface area (Å²) in [5.74, 6) is -1.41. The van der Waals surface area contributed by atoms with Crippen molar-refractivity contribution < 1.29 is 19.1 Å². The van der Waals surface area contributed by atoms with Crippen molar-refractivity contribution in [2.45, 2.75) is 25.3 Å². The third-order valence-electron chi connectivity index (χ3n) is 3.20. The third kappa shape index (κ3) is 3.36. The number of esters is 1. The summed E-state index contributed by atoms with van der Waals surface area (Å²) in [4.78, 5) is 36.8. The van der Waals surface area contributed by atoms with Gasteiger partial charge in [0.15, 0.2) is 6.61 Å². The van der Waals surface area contributed by atoms with Crippen molar-refractivity contribution in [3.63, 3.8) is 0 Å². The summed E-state index contributed by atoms with van der Waals surface area (Å²) in [6, 6.07) is 2.78. The number of piperidine rings is 1. The van der Waals surface area contributed by atoms with Crippen LogP contribution in [-0.4, -0.2) is 41.9 Å². The van der Waals surface area contributed by atoms with E-state index in [2.05, 4.69) is 0 Å². The fourth-order valence-electron chi connectivity index (χ4n) is 2.20. The molecule has 0 aliphatic carbocycles. The van der Waals surface area contributed by atoms with E-state index in [9.17, 15) is 14.4 Å². The maximum atomic E-state index is 12.0. The van der Waals surface area contributed by atoms with Crippen molar-refractivity contribution in [3.8, 4) is 0 Å². The minimum absolute atomic E-state index is 0.361. The predicted molar refractivity (Wildman–Crippen MR) is 73.1 cm³/mol. The van der Waals surface area contributed by atoms with E-state index in [1.807, 2.05) is 0 Å². The quantitative estimate of drug-likeness (QED) is 0.831. The lowest BCUT2D eigenvalue weighted by atomic mass is 10.0. The van der Waals surface area contributed by atoms with Crippen molar-refractivity contribution in [3.05, 3.63) is 22.4 Å². The van der Waals surface area contributed by atoms with Crippen LogP contribution >= 0.6 is 11.3 Å². The standard InChI is InChI=1S/C13H16N2O4S/c14-12(17)9-4-1-2-6-15(9)11(16)8-19-13(18)10-5-3-7-20-10/h3,5,7,9H,1-2,4,6,8H2,(H2,14,17)/t9-/m0/s1. The van der Waals surface area contributed by atoms with E-state index in [0.717, 1.165) is 12.8 Å². The fraction of sp³-hybridized carbons (Fsp3) is 0.462. The molecule has 2 amide bonds. The van der Waals surface area contributed by atoms with E-state index in [4.69, 9.17) is 10.5 Å². The number of hydrogen-bond acceptors (Lipinski definition) is 5. The van der Waals surface area contributed by atoms with Crippen molar-refractivity contribution in [2.75, 3.05) is 13.2 Å². The largest absolute Gasteiger partial charge is 0.451 e. The molecule has 7 heteroatoms. The van der Waals surface area contributed by atoms with Crippen LogP contribution in [0.5, 0.6) is 0 Å². The van der Waals surface area contributed by atoms with E-state index >= 15 is 0 Å². The molecule has 0 aromatic carbocycles. The summed E-state index contributed by atoms with van der Waals surface area (Å²) in [5.41, 5.74) is 5.29. The maximum Gasteiger partial charge on any atom is 0.348 e. The highest BCUT2D eigenvalue weighted by atomic mass is 32.1. The fourth-order valence-corrected chi connectivity index (χ4v) is 2.82. The lowest BCUT2D eigenvalue weighted by Crippen LogP contribution is -2.51. The molecule has 2 heterocycles. The summed E-state index contributed by atoms with van der Waals surface area (Å²) >= 11 is 1.25. The van der Waals surface area contributed by atoms with Crippen LogP contribution in [0.15, 0.2) is 17.5 Å². The van der Waals surface area contributed by atoms with Crippen LogP contribution in [-0.2, 0) is 14.3 Å². The number of nitrogens with two attached hydrogens (primary N) is 1. The smallest absolute Gasteiger partial charge is 0.348 e. The number of hydrogen-bond donors (Lipinski definition) is 1. The molecule has 1 aromatic rings. The molecular formula is C13H16N2O4S. The molecule has 1 atom stereocenters. The molecule has 20 heavy (non-hydrogen) atoms. The van der Waals surface area contributed by atoms with Gasteiger partial charge in [-0.15, -0.1) is 11.3 Å². The SMILES string of the molecule is NC(=O)[C@@H]1CCCCN1C(=O)COC(=O)c1cccs1. The van der Waals surface area contributed by atoms with E-state index in [-0.39, 0.29) is 12.5 Å². The van der Waals surface area contributed by atoms with Gasteiger partial charge in [0.2, 0.25) is 5.91 Å². The van der Waals surface area contributed by atoms with Gasteiger partial charge in [-0.1, -0.05) is 6.07 Å². The van der Waals surface area contributed by atoms with Gasteiger partial charge in [-0.25, -0.2) is 4.79 Å². The third-order valence-corrected chi connectivity index (χ3v) is 4.05. The predicted octanol–water partition coefficient (Wildman–Crippen LogP) is 0.771. The van der Waals surface area contributed by atoms with Crippen molar-refractivity contribution in [1.29, 1.82) is 0 Å². The molecule has 0 radical (unpaired) electrons. The molecular weight excluding hydrogens is 280 g/mol. The van der Waals surface area contributed by atoms with Crippen LogP contribution in [0.25, 0.3) is 0 Å². The Hall–Kier alpha value is -1.89. The Morgan fingerprint density at radius 3 is 2.85 bits per heavy atom. The summed E-state index contributed by atoms with van der Waals surface area (Å²) in [7, 11) is 0. The zero-order valence-corrected chi connectivity index (χ0v) is 11.7. The van der Waals surface area contributed by atoms with Crippen LogP contribution in [0.3, 0.4) is 0 Å². The number of thiophene rings is 1. The number of rotatable bonds is 4. The van der Waals surface area contributed by atoms with Crippen LogP contribution in [0.2, 0.25) is 0 Å². The van der Waals surface area contributed by atoms with E-state index < -0.39 is 17.9 Å². The molecule has 0 saturated carbocycles. The van der Waals surface area contributed by atoms with E-state index in [0.29, 0.717) is 17.8 Å². The number of ether oxygens (including phenoxy) is 1. The van der Waals surface area contributed by atoms with Gasteiger partial charge in [0.25, 0.3) is 5.91 Å². The van der Waals surface area contributed by atoms with Gasteiger partial charge in [-0.3, -0.25) is 9.59 Å². The normalized spacial score (nSPS) is 18.6. The average molecular weight is 296 g/mol. The lowest BCUT2D eigenvalue weighted by Gasteiger charge is -2.33. The molecule has 2 N–H and O–H groups in total. The van der Waals surface area contributed by atoms with Gasteiger partial charge in [0.05, 0.1) is 0 Å². The van der Waals surface area contributed by atoms with Crippen LogP contribution in [0.1, 0.15) is 28.9 Å². The zero-order chi connectivity index (χ0) is 14.5. The number of carbonyl (C=O) groups is 3. The minimum Gasteiger partial charge on any atom is -0.451 e. The zero-order valence-electron chi connectivity index (χ0n) is 10.9. The van der Waals surface area contributed by atoms with Crippen LogP contribution in [0.4, 0.5) is 0 Å². The van der Waals surface area contributed by atoms with Crippen molar-refractivity contribution >= 4 is 29.1 Å². The Balaban J connectivity index is 1.90. The molecule has 0 bridgehead atoms. The molecule has 0 spiro atoms. The Bertz CT molecular complexity index is 500.